The van der Waals surface area contributed by atoms with Crippen molar-refractivity contribution in [1.82, 2.24) is 4.98 Å². The van der Waals surface area contributed by atoms with E-state index in [1.54, 1.807) is 0 Å². The lowest BCUT2D eigenvalue weighted by atomic mass is 10.2. The molecule has 2 rings (SSSR count). The Balaban J connectivity index is 0.00000364. The summed E-state index contributed by atoms with van der Waals surface area (Å²) in [7, 11) is 3.90. The smallest absolute Gasteiger partial charge is 0.193 e. The van der Waals surface area contributed by atoms with Crippen molar-refractivity contribution in [2.75, 3.05) is 37.5 Å². The molecule has 2 aromatic rings. The van der Waals surface area contributed by atoms with Crippen molar-refractivity contribution in [1.29, 1.82) is 0 Å². The van der Waals surface area contributed by atoms with Crippen LogP contribution >= 0.6 is 24.0 Å². The highest BCUT2D eigenvalue weighted by molar-refractivity contribution is 14.0. The second-order valence-corrected chi connectivity index (χ2v) is 5.73. The second-order valence-electron chi connectivity index (χ2n) is 5.73. The summed E-state index contributed by atoms with van der Waals surface area (Å²) in [6, 6.07) is 11.4. The third kappa shape index (κ3) is 7.12. The molecule has 148 valence electrons. The summed E-state index contributed by atoms with van der Waals surface area (Å²) in [6.45, 7) is 5.40. The average molecular weight is 485 g/mol. The van der Waals surface area contributed by atoms with Crippen LogP contribution in [0.5, 0.6) is 11.5 Å². The van der Waals surface area contributed by atoms with Crippen LogP contribution in [0.2, 0.25) is 0 Å². The van der Waals surface area contributed by atoms with Gasteiger partial charge in [0.25, 0.3) is 0 Å². The topological polar surface area (TPSA) is 85.0 Å². The summed E-state index contributed by atoms with van der Waals surface area (Å²) in [6.07, 6.45) is 0. The standard InChI is InChI=1S/C19H27N5O2.HI/c1-5-25-15-10-11-17(26-6-2)16(12-15)23-19(20)21-13-14-8-7-9-18(22-14)24(3)4;/h7-12H,5-6,13H2,1-4H3,(H3,20,21,23);1H. The third-order valence-electron chi connectivity index (χ3n) is 3.49. The van der Waals surface area contributed by atoms with Gasteiger partial charge in [0.05, 0.1) is 31.1 Å². The summed E-state index contributed by atoms with van der Waals surface area (Å²) < 4.78 is 11.2. The van der Waals surface area contributed by atoms with Crippen molar-refractivity contribution in [3.05, 3.63) is 42.1 Å². The minimum Gasteiger partial charge on any atom is -0.494 e. The minimum atomic E-state index is 0. The van der Waals surface area contributed by atoms with Crippen LogP contribution in [0.3, 0.4) is 0 Å². The van der Waals surface area contributed by atoms with Gasteiger partial charge < -0.3 is 25.4 Å². The number of rotatable bonds is 8. The largest absolute Gasteiger partial charge is 0.494 e. The summed E-state index contributed by atoms with van der Waals surface area (Å²) in [5.74, 6) is 2.61. The zero-order valence-corrected chi connectivity index (χ0v) is 18.6. The lowest BCUT2D eigenvalue weighted by Crippen LogP contribution is -2.23. The maximum absolute atomic E-state index is 6.04. The molecule has 7 nitrogen and oxygen atoms in total. The molecule has 0 atom stereocenters. The summed E-state index contributed by atoms with van der Waals surface area (Å²) >= 11 is 0. The lowest BCUT2D eigenvalue weighted by Gasteiger charge is -2.14. The number of pyridine rings is 1. The Bertz CT molecular complexity index is 753. The fourth-order valence-electron chi connectivity index (χ4n) is 2.29. The predicted octanol–water partition coefficient (Wildman–Crippen LogP) is 3.49. The number of nitrogens with one attached hydrogen (secondary N) is 1. The van der Waals surface area contributed by atoms with Crippen LogP contribution in [0.1, 0.15) is 19.5 Å². The molecule has 0 saturated carbocycles. The molecule has 0 aliphatic rings. The average Bonchev–Trinajstić information content (AvgIpc) is 2.63. The van der Waals surface area contributed by atoms with Gasteiger partial charge in [0, 0.05) is 20.2 Å². The van der Waals surface area contributed by atoms with Gasteiger partial charge in [0.2, 0.25) is 0 Å². The van der Waals surface area contributed by atoms with E-state index in [9.17, 15) is 0 Å². The number of aliphatic imine (C=N–C) groups is 1. The molecule has 1 aromatic heterocycles. The number of nitrogens with two attached hydrogens (primary N) is 1. The zero-order chi connectivity index (χ0) is 18.9. The van der Waals surface area contributed by atoms with E-state index in [0.717, 1.165) is 17.3 Å². The van der Waals surface area contributed by atoms with Gasteiger partial charge in [-0.3, -0.25) is 0 Å². The molecule has 3 N–H and O–H groups in total. The first-order valence-electron chi connectivity index (χ1n) is 8.63. The van der Waals surface area contributed by atoms with Crippen LogP contribution in [0.15, 0.2) is 41.4 Å². The number of ether oxygens (including phenoxy) is 2. The highest BCUT2D eigenvalue weighted by Gasteiger charge is 2.07. The molecule has 0 fully saturated rings. The first kappa shape index (κ1) is 22.8. The molecule has 0 unspecified atom stereocenters. The Morgan fingerprint density at radius 3 is 2.56 bits per heavy atom. The Morgan fingerprint density at radius 1 is 1.15 bits per heavy atom. The van der Waals surface area contributed by atoms with Crippen molar-refractivity contribution in [3.63, 3.8) is 0 Å². The number of nitrogens with zero attached hydrogens (tertiary/aromatic N) is 3. The van der Waals surface area contributed by atoms with E-state index < -0.39 is 0 Å². The van der Waals surface area contributed by atoms with Crippen molar-refractivity contribution >= 4 is 41.4 Å². The van der Waals surface area contributed by atoms with E-state index in [2.05, 4.69) is 15.3 Å². The molecule has 8 heteroatoms. The van der Waals surface area contributed by atoms with E-state index >= 15 is 0 Å². The molecule has 0 radical (unpaired) electrons. The summed E-state index contributed by atoms with van der Waals surface area (Å²) in [4.78, 5) is 10.8. The number of halogens is 1. The van der Waals surface area contributed by atoms with Crippen molar-refractivity contribution in [2.24, 2.45) is 10.7 Å². The van der Waals surface area contributed by atoms with Gasteiger partial charge in [-0.15, -0.1) is 24.0 Å². The van der Waals surface area contributed by atoms with Crippen LogP contribution < -0.4 is 25.4 Å². The molecule has 0 saturated heterocycles. The molecule has 0 amide bonds. The second kappa shape index (κ2) is 11.5. The van der Waals surface area contributed by atoms with Gasteiger partial charge in [-0.1, -0.05) is 6.07 Å². The quantitative estimate of drug-likeness (QED) is 0.339. The number of anilines is 2. The molecule has 0 aliphatic carbocycles. The first-order chi connectivity index (χ1) is 12.5. The zero-order valence-electron chi connectivity index (χ0n) is 16.2. The first-order valence-corrected chi connectivity index (χ1v) is 8.63. The Kier molecular flexibility index (Phi) is 9.70. The SMILES string of the molecule is CCOc1ccc(OCC)c(NC(N)=NCc2cccc(N(C)C)n2)c1.I. The number of hydrogen-bond acceptors (Lipinski definition) is 5. The number of hydrogen-bond donors (Lipinski definition) is 2. The lowest BCUT2D eigenvalue weighted by molar-refractivity contribution is 0.332. The third-order valence-corrected chi connectivity index (χ3v) is 3.49. The molecule has 1 heterocycles. The minimum absolute atomic E-state index is 0. The molecule has 0 aliphatic heterocycles. The molecule has 0 bridgehead atoms. The number of guanidine groups is 1. The van der Waals surface area contributed by atoms with E-state index in [0.29, 0.717) is 31.2 Å². The number of benzene rings is 1. The van der Waals surface area contributed by atoms with E-state index in [1.165, 1.54) is 0 Å². The van der Waals surface area contributed by atoms with Gasteiger partial charge >= 0.3 is 0 Å². The van der Waals surface area contributed by atoms with Crippen molar-refractivity contribution in [3.8, 4) is 11.5 Å². The van der Waals surface area contributed by atoms with Crippen LogP contribution in [-0.4, -0.2) is 38.3 Å². The highest BCUT2D eigenvalue weighted by Crippen LogP contribution is 2.29. The molecule has 27 heavy (non-hydrogen) atoms. The van der Waals surface area contributed by atoms with E-state index in [4.69, 9.17) is 15.2 Å². The number of aromatic nitrogens is 1. The Hall–Kier alpha value is -2.23. The van der Waals surface area contributed by atoms with Gasteiger partial charge in [0.15, 0.2) is 5.96 Å². The summed E-state index contributed by atoms with van der Waals surface area (Å²) in [5, 5.41) is 3.09. The Labute approximate surface area is 178 Å². The fourth-order valence-corrected chi connectivity index (χ4v) is 2.29. The normalized spacial score (nSPS) is 10.7. The van der Waals surface area contributed by atoms with E-state index in [-0.39, 0.29) is 29.9 Å². The van der Waals surface area contributed by atoms with Gasteiger partial charge in [-0.25, -0.2) is 9.98 Å². The predicted molar refractivity (Wildman–Crippen MR) is 122 cm³/mol. The van der Waals surface area contributed by atoms with E-state index in [1.807, 2.05) is 69.2 Å². The van der Waals surface area contributed by atoms with Gasteiger partial charge in [0.1, 0.15) is 17.3 Å². The summed E-state index contributed by atoms with van der Waals surface area (Å²) in [5.41, 5.74) is 7.60. The van der Waals surface area contributed by atoms with Crippen LogP contribution in [0, 0.1) is 0 Å². The molecular formula is C19H28IN5O2. The van der Waals surface area contributed by atoms with Gasteiger partial charge in [-0.05, 0) is 38.1 Å². The van der Waals surface area contributed by atoms with Crippen LogP contribution in [0.4, 0.5) is 11.5 Å². The Morgan fingerprint density at radius 2 is 1.89 bits per heavy atom. The molecule has 1 aromatic carbocycles. The maximum atomic E-state index is 6.04. The molecule has 0 spiro atoms. The van der Waals surface area contributed by atoms with Crippen LogP contribution in [-0.2, 0) is 6.54 Å². The highest BCUT2D eigenvalue weighted by atomic mass is 127. The monoisotopic (exact) mass is 485 g/mol. The fraction of sp³-hybridized carbons (Fsp3) is 0.368. The van der Waals surface area contributed by atoms with Crippen molar-refractivity contribution in [2.45, 2.75) is 20.4 Å². The van der Waals surface area contributed by atoms with Crippen molar-refractivity contribution < 1.29 is 9.47 Å². The molecular weight excluding hydrogens is 457 g/mol. The maximum Gasteiger partial charge on any atom is 0.193 e. The van der Waals surface area contributed by atoms with Crippen LogP contribution in [0.25, 0.3) is 0 Å². The van der Waals surface area contributed by atoms with Gasteiger partial charge in [-0.2, -0.15) is 0 Å².